The van der Waals surface area contributed by atoms with Gasteiger partial charge in [-0.1, -0.05) is 77.8 Å². The van der Waals surface area contributed by atoms with Crippen LogP contribution in [0, 0.1) is 57.2 Å². The maximum absolute atomic E-state index is 13.1. The fraction of sp³-hybridized carbons (Fsp3) is 0.750. The van der Waals surface area contributed by atoms with E-state index < -0.39 is 5.97 Å². The number of carbonyl (C=O) groups excluding carboxylic acids is 1. The average molecular weight is 738 g/mol. The molecule has 8 rings (SSSR count). The first-order chi connectivity index (χ1) is 25.6. The number of rotatable bonds is 8. The zero-order chi connectivity index (χ0) is 38.3. The standard InChI is InChI=1S/C48H71N3O3/c1-32(2)36-18-23-48(49-26-27-50-28-30-51(31-29-50)42(52)34-10-8-9-11-34)25-24-46(6)38(41(36)48)16-17-40-45(5)21-19-37(33-12-14-35(15-13-33)43(53)54)44(3,4)39(45)20-22-47(40,46)7/h12-15,19,34,36,38-41,49H,1,8-11,16-18,20-31H2,2-7H3,(H,53,54)/t36-,38+,39-,40+,41+,45-,46+,47+,48-/m0/s1. The van der Waals surface area contributed by atoms with Gasteiger partial charge in [-0.15, -0.1) is 0 Å². The molecule has 6 heteroatoms. The van der Waals surface area contributed by atoms with Gasteiger partial charge in [-0.05, 0) is 152 Å². The van der Waals surface area contributed by atoms with Crippen molar-refractivity contribution in [3.8, 4) is 0 Å². The number of allylic oxidation sites excluding steroid dienone is 3. The monoisotopic (exact) mass is 738 g/mol. The van der Waals surface area contributed by atoms with Gasteiger partial charge in [0.05, 0.1) is 5.56 Å². The molecule has 5 saturated carbocycles. The molecular formula is C48H71N3O3. The molecule has 6 fully saturated rings. The van der Waals surface area contributed by atoms with E-state index in [2.05, 4.69) is 69.3 Å². The van der Waals surface area contributed by atoms with Gasteiger partial charge in [0.2, 0.25) is 5.91 Å². The number of fused-ring (bicyclic) bond motifs is 7. The van der Waals surface area contributed by atoms with E-state index in [0.29, 0.717) is 57.8 Å². The first kappa shape index (κ1) is 38.4. The van der Waals surface area contributed by atoms with Gasteiger partial charge in [0, 0.05) is 50.7 Å². The summed E-state index contributed by atoms with van der Waals surface area (Å²) in [6, 6.07) is 7.65. The summed E-state index contributed by atoms with van der Waals surface area (Å²) in [6.07, 6.45) is 18.7. The first-order valence-electron chi connectivity index (χ1n) is 22.1. The Morgan fingerprint density at radius 2 is 1.54 bits per heavy atom. The molecule has 0 unspecified atom stereocenters. The van der Waals surface area contributed by atoms with Crippen LogP contribution in [0.5, 0.6) is 0 Å². The summed E-state index contributed by atoms with van der Waals surface area (Å²) in [6.45, 7) is 26.0. The number of nitrogens with one attached hydrogen (secondary N) is 1. The largest absolute Gasteiger partial charge is 0.478 e. The predicted octanol–water partition coefficient (Wildman–Crippen LogP) is 9.71. The molecule has 0 spiro atoms. The summed E-state index contributed by atoms with van der Waals surface area (Å²) in [5, 5.41) is 13.9. The van der Waals surface area contributed by atoms with E-state index in [9.17, 15) is 14.7 Å². The van der Waals surface area contributed by atoms with Crippen molar-refractivity contribution in [2.45, 2.75) is 131 Å². The molecule has 1 aliphatic heterocycles. The number of aromatic carboxylic acids is 1. The van der Waals surface area contributed by atoms with E-state index in [4.69, 9.17) is 0 Å². The van der Waals surface area contributed by atoms with Crippen molar-refractivity contribution >= 4 is 17.4 Å². The third kappa shape index (κ3) is 5.92. The molecule has 54 heavy (non-hydrogen) atoms. The molecule has 1 aromatic rings. The van der Waals surface area contributed by atoms with Gasteiger partial charge in [0.15, 0.2) is 0 Å². The first-order valence-corrected chi connectivity index (χ1v) is 22.1. The van der Waals surface area contributed by atoms with Gasteiger partial charge < -0.3 is 15.3 Å². The van der Waals surface area contributed by atoms with Crippen molar-refractivity contribution in [2.75, 3.05) is 39.3 Å². The molecule has 1 saturated heterocycles. The number of carboxylic acid groups (broad SMARTS) is 1. The Labute approximate surface area is 327 Å². The second-order valence-electron chi connectivity index (χ2n) is 20.8. The van der Waals surface area contributed by atoms with Crippen LogP contribution in [0.15, 0.2) is 42.5 Å². The Balaban J connectivity index is 0.985. The zero-order valence-corrected chi connectivity index (χ0v) is 34.7. The minimum atomic E-state index is -0.859. The van der Waals surface area contributed by atoms with Crippen LogP contribution >= 0.6 is 0 Å². The van der Waals surface area contributed by atoms with Crippen molar-refractivity contribution in [3.05, 3.63) is 53.6 Å². The summed E-state index contributed by atoms with van der Waals surface area (Å²) in [5.74, 6) is 3.13. The van der Waals surface area contributed by atoms with E-state index in [1.165, 1.54) is 80.9 Å². The quantitative estimate of drug-likeness (QED) is 0.260. The highest BCUT2D eigenvalue weighted by atomic mass is 16.4. The molecule has 296 valence electrons. The van der Waals surface area contributed by atoms with Crippen LogP contribution in [0.4, 0.5) is 0 Å². The Bertz CT molecular complexity index is 1650. The van der Waals surface area contributed by atoms with Crippen molar-refractivity contribution in [1.82, 2.24) is 15.1 Å². The van der Waals surface area contributed by atoms with Crippen LogP contribution in [0.1, 0.15) is 141 Å². The van der Waals surface area contributed by atoms with Crippen LogP contribution in [0.3, 0.4) is 0 Å². The number of piperazine rings is 1. The minimum Gasteiger partial charge on any atom is -0.478 e. The van der Waals surface area contributed by atoms with Gasteiger partial charge in [-0.2, -0.15) is 0 Å². The Morgan fingerprint density at radius 1 is 0.833 bits per heavy atom. The zero-order valence-electron chi connectivity index (χ0n) is 34.7. The van der Waals surface area contributed by atoms with E-state index in [1.54, 1.807) is 12.1 Å². The molecular weight excluding hydrogens is 667 g/mol. The smallest absolute Gasteiger partial charge is 0.335 e. The molecule has 2 N–H and O–H groups in total. The second-order valence-corrected chi connectivity index (χ2v) is 20.8. The maximum Gasteiger partial charge on any atom is 0.335 e. The summed E-state index contributed by atoms with van der Waals surface area (Å²) >= 11 is 0. The molecule has 0 radical (unpaired) electrons. The third-order valence-electron chi connectivity index (χ3n) is 18.4. The van der Waals surface area contributed by atoms with E-state index in [1.807, 2.05) is 12.1 Å². The number of carboxylic acids is 1. The number of nitrogens with zero attached hydrogens (tertiary/aromatic N) is 2. The highest BCUT2D eigenvalue weighted by Crippen LogP contribution is 2.76. The fourth-order valence-corrected chi connectivity index (χ4v) is 15.4. The molecule has 7 aliphatic rings. The van der Waals surface area contributed by atoms with Gasteiger partial charge in [0.25, 0.3) is 0 Å². The lowest BCUT2D eigenvalue weighted by atomic mass is 9.33. The van der Waals surface area contributed by atoms with Crippen LogP contribution in [0.2, 0.25) is 0 Å². The maximum atomic E-state index is 13.1. The second kappa shape index (κ2) is 13.9. The highest BCUT2D eigenvalue weighted by molar-refractivity contribution is 5.88. The van der Waals surface area contributed by atoms with E-state index in [0.717, 1.165) is 58.5 Å². The lowest BCUT2D eigenvalue weighted by molar-refractivity contribution is -0.219. The Hall–Kier alpha value is -2.44. The average Bonchev–Trinajstić information content (AvgIpc) is 3.81. The Morgan fingerprint density at radius 3 is 2.20 bits per heavy atom. The molecule has 1 heterocycles. The number of hydrogen-bond acceptors (Lipinski definition) is 4. The third-order valence-corrected chi connectivity index (χ3v) is 18.4. The molecule has 6 nitrogen and oxygen atoms in total. The van der Waals surface area contributed by atoms with Crippen molar-refractivity contribution < 1.29 is 14.7 Å². The lowest BCUT2D eigenvalue weighted by Crippen LogP contribution is -2.68. The van der Waals surface area contributed by atoms with Crippen molar-refractivity contribution in [3.63, 3.8) is 0 Å². The number of benzene rings is 1. The van der Waals surface area contributed by atoms with Crippen LogP contribution in [0.25, 0.3) is 5.57 Å². The predicted molar refractivity (Wildman–Crippen MR) is 219 cm³/mol. The Kier molecular flexibility index (Phi) is 9.89. The van der Waals surface area contributed by atoms with Gasteiger partial charge in [-0.3, -0.25) is 9.69 Å². The fourth-order valence-electron chi connectivity index (χ4n) is 15.4. The summed E-state index contributed by atoms with van der Waals surface area (Å²) < 4.78 is 0. The summed E-state index contributed by atoms with van der Waals surface area (Å²) in [7, 11) is 0. The van der Waals surface area contributed by atoms with Crippen molar-refractivity contribution in [1.29, 1.82) is 0 Å². The summed E-state index contributed by atoms with van der Waals surface area (Å²) in [4.78, 5) is 29.4. The van der Waals surface area contributed by atoms with Crippen LogP contribution in [-0.2, 0) is 4.79 Å². The number of amides is 1. The molecule has 9 atom stereocenters. The lowest BCUT2D eigenvalue weighted by Gasteiger charge is -2.72. The highest BCUT2D eigenvalue weighted by Gasteiger charge is 2.70. The van der Waals surface area contributed by atoms with E-state index in [-0.39, 0.29) is 16.4 Å². The van der Waals surface area contributed by atoms with E-state index >= 15 is 0 Å². The topological polar surface area (TPSA) is 72.9 Å². The SMILES string of the molecule is C=C(C)[C@@H]1CC[C@]2(NCCN3CCN(C(=O)C4CCCC4)CC3)CC[C@]3(C)[C@H](CC[C@@H]4[C@@]5(C)CC=C(c6ccc(C(=O)O)cc6)C(C)(C)[C@@H]5CC[C@]43C)[C@@H]12. The molecule has 1 amide bonds. The van der Waals surface area contributed by atoms with Gasteiger partial charge in [-0.25, -0.2) is 4.79 Å². The molecule has 0 bridgehead atoms. The molecule has 0 aromatic heterocycles. The summed E-state index contributed by atoms with van der Waals surface area (Å²) in [5.41, 5.74) is 5.45. The number of carbonyl (C=O) groups is 2. The van der Waals surface area contributed by atoms with Gasteiger partial charge in [0.1, 0.15) is 0 Å². The molecule has 1 aromatic carbocycles. The van der Waals surface area contributed by atoms with Gasteiger partial charge >= 0.3 is 5.97 Å². The van der Waals surface area contributed by atoms with Crippen molar-refractivity contribution in [2.24, 2.45) is 57.2 Å². The number of hydrogen-bond donors (Lipinski definition) is 2. The van der Waals surface area contributed by atoms with Crippen LogP contribution < -0.4 is 5.32 Å². The van der Waals surface area contributed by atoms with Crippen LogP contribution in [-0.4, -0.2) is 71.6 Å². The molecule has 6 aliphatic carbocycles. The normalized spacial score (nSPS) is 40.6. The minimum absolute atomic E-state index is 0.0249.